The summed E-state index contributed by atoms with van der Waals surface area (Å²) in [6.45, 7) is 1.84. The van der Waals surface area contributed by atoms with Crippen LogP contribution in [0, 0.1) is 24.1 Å². The van der Waals surface area contributed by atoms with Crippen LogP contribution in [0.3, 0.4) is 0 Å². The van der Waals surface area contributed by atoms with Crippen LogP contribution in [0.4, 0.5) is 10.1 Å². The minimum atomic E-state index is -0.456. The summed E-state index contributed by atoms with van der Waals surface area (Å²) in [6, 6.07) is 14.6. The molecule has 3 heteroatoms. The van der Waals surface area contributed by atoms with Gasteiger partial charge in [-0.25, -0.2) is 4.39 Å². The highest BCUT2D eigenvalue weighted by Gasteiger charge is 2.28. The minimum absolute atomic E-state index is 0.287. The summed E-state index contributed by atoms with van der Waals surface area (Å²) in [4.78, 5) is 0. The third kappa shape index (κ3) is 3.05. The SMILES string of the molecule is Cc1cc(F)cc(NC(C#N)c2ccccc2C2CC2)c1. The van der Waals surface area contributed by atoms with E-state index in [-0.39, 0.29) is 5.82 Å². The van der Waals surface area contributed by atoms with E-state index in [1.807, 2.05) is 31.2 Å². The van der Waals surface area contributed by atoms with Gasteiger partial charge in [-0.1, -0.05) is 24.3 Å². The smallest absolute Gasteiger partial charge is 0.140 e. The number of aryl methyl sites for hydroxylation is 1. The monoisotopic (exact) mass is 280 g/mol. The van der Waals surface area contributed by atoms with E-state index >= 15 is 0 Å². The molecule has 1 aliphatic carbocycles. The Bertz CT molecular complexity index is 678. The second-order valence-electron chi connectivity index (χ2n) is 5.63. The van der Waals surface area contributed by atoms with Crippen molar-refractivity contribution in [2.45, 2.75) is 31.7 Å². The lowest BCUT2D eigenvalue weighted by atomic mass is 9.97. The quantitative estimate of drug-likeness (QED) is 0.882. The van der Waals surface area contributed by atoms with E-state index < -0.39 is 6.04 Å². The van der Waals surface area contributed by atoms with Crippen molar-refractivity contribution < 1.29 is 4.39 Å². The van der Waals surface area contributed by atoms with Crippen molar-refractivity contribution in [2.24, 2.45) is 0 Å². The summed E-state index contributed by atoms with van der Waals surface area (Å²) in [5.41, 5.74) is 3.73. The molecule has 1 aliphatic rings. The number of benzene rings is 2. The number of halogens is 1. The van der Waals surface area contributed by atoms with Crippen LogP contribution < -0.4 is 5.32 Å². The molecule has 21 heavy (non-hydrogen) atoms. The molecule has 0 aromatic heterocycles. The first-order valence-electron chi connectivity index (χ1n) is 7.19. The number of rotatable bonds is 4. The summed E-state index contributed by atoms with van der Waals surface area (Å²) in [6.07, 6.45) is 2.38. The molecule has 0 aliphatic heterocycles. The van der Waals surface area contributed by atoms with E-state index in [2.05, 4.69) is 17.5 Å². The predicted octanol–water partition coefficient (Wildman–Crippen LogP) is 4.69. The molecule has 0 radical (unpaired) electrons. The largest absolute Gasteiger partial charge is 0.366 e. The summed E-state index contributed by atoms with van der Waals surface area (Å²) < 4.78 is 13.5. The lowest BCUT2D eigenvalue weighted by Gasteiger charge is -2.17. The van der Waals surface area contributed by atoms with E-state index in [1.54, 1.807) is 0 Å². The number of hydrogen-bond donors (Lipinski definition) is 1. The second kappa shape index (κ2) is 5.57. The van der Waals surface area contributed by atoms with Gasteiger partial charge in [-0.2, -0.15) is 5.26 Å². The molecule has 0 bridgehead atoms. The first kappa shape index (κ1) is 13.6. The van der Waals surface area contributed by atoms with Gasteiger partial charge in [-0.05, 0) is 60.6 Å². The molecule has 0 spiro atoms. The Morgan fingerprint density at radius 3 is 2.67 bits per heavy atom. The van der Waals surface area contributed by atoms with Crippen molar-refractivity contribution in [1.29, 1.82) is 5.26 Å². The fourth-order valence-electron chi connectivity index (χ4n) is 2.71. The average molecular weight is 280 g/mol. The molecule has 1 atom stereocenters. The summed E-state index contributed by atoms with van der Waals surface area (Å²) in [5.74, 6) is 0.290. The summed E-state index contributed by atoms with van der Waals surface area (Å²) >= 11 is 0. The molecule has 2 aromatic rings. The van der Waals surface area contributed by atoms with Crippen LogP contribution in [-0.4, -0.2) is 0 Å². The van der Waals surface area contributed by atoms with Crippen molar-refractivity contribution >= 4 is 5.69 Å². The highest BCUT2D eigenvalue weighted by atomic mass is 19.1. The van der Waals surface area contributed by atoms with Gasteiger partial charge in [0, 0.05) is 5.69 Å². The first-order valence-corrected chi connectivity index (χ1v) is 7.19. The zero-order chi connectivity index (χ0) is 14.8. The lowest BCUT2D eigenvalue weighted by Crippen LogP contribution is -2.11. The Hall–Kier alpha value is -2.34. The Balaban J connectivity index is 1.90. The fraction of sp³-hybridized carbons (Fsp3) is 0.278. The van der Waals surface area contributed by atoms with E-state index in [1.165, 1.54) is 30.5 Å². The number of nitriles is 1. The van der Waals surface area contributed by atoms with Gasteiger partial charge >= 0.3 is 0 Å². The van der Waals surface area contributed by atoms with Crippen LogP contribution in [0.25, 0.3) is 0 Å². The zero-order valence-corrected chi connectivity index (χ0v) is 11.9. The maximum atomic E-state index is 13.5. The Morgan fingerprint density at radius 2 is 2.00 bits per heavy atom. The van der Waals surface area contributed by atoms with Crippen molar-refractivity contribution in [1.82, 2.24) is 0 Å². The summed E-state index contributed by atoms with van der Waals surface area (Å²) in [7, 11) is 0. The molecule has 2 aromatic carbocycles. The third-order valence-electron chi connectivity index (χ3n) is 3.81. The Morgan fingerprint density at radius 1 is 1.24 bits per heavy atom. The van der Waals surface area contributed by atoms with Crippen LogP contribution in [0.5, 0.6) is 0 Å². The van der Waals surface area contributed by atoms with Gasteiger partial charge in [0.05, 0.1) is 6.07 Å². The lowest BCUT2D eigenvalue weighted by molar-refractivity contribution is 0.627. The maximum Gasteiger partial charge on any atom is 0.140 e. The van der Waals surface area contributed by atoms with E-state index in [9.17, 15) is 9.65 Å². The van der Waals surface area contributed by atoms with Gasteiger partial charge in [-0.3, -0.25) is 0 Å². The molecule has 1 N–H and O–H groups in total. The first-order chi connectivity index (χ1) is 10.2. The normalized spacial score (nSPS) is 15.3. The molecule has 0 heterocycles. The van der Waals surface area contributed by atoms with Gasteiger partial charge in [-0.15, -0.1) is 0 Å². The molecular weight excluding hydrogens is 263 g/mol. The van der Waals surface area contributed by atoms with E-state index in [0.717, 1.165) is 11.1 Å². The van der Waals surface area contributed by atoms with Gasteiger partial charge in [0.25, 0.3) is 0 Å². The summed E-state index contributed by atoms with van der Waals surface area (Å²) in [5, 5.41) is 12.6. The fourth-order valence-corrected chi connectivity index (χ4v) is 2.71. The van der Waals surface area contributed by atoms with Crippen LogP contribution in [0.15, 0.2) is 42.5 Å². The van der Waals surface area contributed by atoms with Gasteiger partial charge in [0.1, 0.15) is 11.9 Å². The predicted molar refractivity (Wildman–Crippen MR) is 81.5 cm³/mol. The van der Waals surface area contributed by atoms with E-state index in [0.29, 0.717) is 11.6 Å². The average Bonchev–Trinajstić information content (AvgIpc) is 3.28. The standard InChI is InChI=1S/C18H17FN2/c1-12-8-14(19)10-15(9-12)21-18(11-20)17-5-3-2-4-16(17)13-6-7-13/h2-5,8-10,13,18,21H,6-7H2,1H3. The number of hydrogen-bond acceptors (Lipinski definition) is 2. The molecule has 3 rings (SSSR count). The Kier molecular flexibility index (Phi) is 3.62. The molecule has 0 saturated heterocycles. The van der Waals surface area contributed by atoms with Gasteiger partial charge < -0.3 is 5.32 Å². The molecule has 1 saturated carbocycles. The van der Waals surface area contributed by atoms with Gasteiger partial charge in [0.2, 0.25) is 0 Å². The molecule has 2 nitrogen and oxygen atoms in total. The molecule has 0 amide bonds. The Labute approximate surface area is 124 Å². The van der Waals surface area contributed by atoms with Gasteiger partial charge in [0.15, 0.2) is 0 Å². The minimum Gasteiger partial charge on any atom is -0.366 e. The number of nitrogens with zero attached hydrogens (tertiary/aromatic N) is 1. The zero-order valence-electron chi connectivity index (χ0n) is 11.9. The van der Waals surface area contributed by atoms with Crippen LogP contribution in [0.1, 0.15) is 41.5 Å². The van der Waals surface area contributed by atoms with E-state index in [4.69, 9.17) is 0 Å². The highest BCUT2D eigenvalue weighted by molar-refractivity contribution is 5.51. The topological polar surface area (TPSA) is 35.8 Å². The van der Waals surface area contributed by atoms with Crippen LogP contribution in [0.2, 0.25) is 0 Å². The molecule has 1 fully saturated rings. The molecule has 106 valence electrons. The highest BCUT2D eigenvalue weighted by Crippen LogP contribution is 2.43. The molecule has 1 unspecified atom stereocenters. The number of nitrogens with one attached hydrogen (secondary N) is 1. The van der Waals surface area contributed by atoms with Crippen LogP contribution >= 0.6 is 0 Å². The molecular formula is C18H17FN2. The maximum absolute atomic E-state index is 13.5. The third-order valence-corrected chi connectivity index (χ3v) is 3.81. The van der Waals surface area contributed by atoms with Crippen molar-refractivity contribution in [3.63, 3.8) is 0 Å². The van der Waals surface area contributed by atoms with Crippen molar-refractivity contribution in [3.05, 3.63) is 65.0 Å². The number of anilines is 1. The van der Waals surface area contributed by atoms with Crippen molar-refractivity contribution in [2.75, 3.05) is 5.32 Å². The van der Waals surface area contributed by atoms with Crippen LogP contribution in [-0.2, 0) is 0 Å². The second-order valence-corrected chi connectivity index (χ2v) is 5.63. The van der Waals surface area contributed by atoms with Crippen molar-refractivity contribution in [3.8, 4) is 6.07 Å².